The van der Waals surface area contributed by atoms with Crippen LogP contribution in [0.15, 0.2) is 85.2 Å². The average molecular weight is 312 g/mol. The molecule has 0 aliphatic heterocycles. The van der Waals surface area contributed by atoms with E-state index in [1.54, 1.807) is 6.33 Å². The van der Waals surface area contributed by atoms with Gasteiger partial charge < -0.3 is 9.97 Å². The molecule has 24 heavy (non-hydrogen) atoms. The lowest BCUT2D eigenvalue weighted by molar-refractivity contribution is 1.34. The number of fused-ring (bicyclic) bond motifs is 2. The van der Waals surface area contributed by atoms with E-state index in [1.807, 2.05) is 66.7 Å². The average Bonchev–Trinajstić information content (AvgIpc) is 3.29. The van der Waals surface area contributed by atoms with Crippen LogP contribution in [0.3, 0.4) is 0 Å². The highest BCUT2D eigenvalue weighted by Gasteiger charge is 2.02. The van der Waals surface area contributed by atoms with Crippen molar-refractivity contribution in [3.8, 4) is 11.4 Å². The second kappa shape index (κ2) is 6.38. The van der Waals surface area contributed by atoms with Crippen molar-refractivity contribution >= 4 is 22.1 Å². The summed E-state index contributed by atoms with van der Waals surface area (Å²) >= 11 is 0. The molecule has 116 valence electrons. The summed E-state index contributed by atoms with van der Waals surface area (Å²) in [7, 11) is 0. The summed E-state index contributed by atoms with van der Waals surface area (Å²) in [6.07, 6.45) is 1.70. The van der Waals surface area contributed by atoms with Gasteiger partial charge in [-0.1, -0.05) is 54.6 Å². The van der Waals surface area contributed by atoms with E-state index in [1.165, 1.54) is 0 Å². The molecule has 4 heteroatoms. The van der Waals surface area contributed by atoms with E-state index in [0.29, 0.717) is 0 Å². The van der Waals surface area contributed by atoms with Gasteiger partial charge in [0.25, 0.3) is 0 Å². The molecule has 4 nitrogen and oxygen atoms in total. The largest absolute Gasteiger partial charge is 0.345 e. The van der Waals surface area contributed by atoms with Gasteiger partial charge in [-0.05, 0) is 24.3 Å². The molecule has 0 aliphatic rings. The van der Waals surface area contributed by atoms with Crippen molar-refractivity contribution in [3.63, 3.8) is 0 Å². The fourth-order valence-corrected chi connectivity index (χ4v) is 2.57. The summed E-state index contributed by atoms with van der Waals surface area (Å²) in [5.41, 5.74) is 5.33. The van der Waals surface area contributed by atoms with Gasteiger partial charge in [0, 0.05) is 5.56 Å². The standard InChI is InChI=1S/C13H10N2.C7H6N2/c1-2-6-10(7-3-1)13-14-11-8-4-5-9-12(11)15-13;1-2-4-7-6(3-1)8-5-9-7/h1-9H,(H,14,15);1-5H,(H,8,9). The molecule has 2 heterocycles. The zero-order valence-corrected chi connectivity index (χ0v) is 13.0. The highest BCUT2D eigenvalue weighted by Crippen LogP contribution is 2.19. The van der Waals surface area contributed by atoms with Crippen LogP contribution >= 0.6 is 0 Å². The highest BCUT2D eigenvalue weighted by molar-refractivity contribution is 5.79. The summed E-state index contributed by atoms with van der Waals surface area (Å²) in [6, 6.07) is 26.1. The first kappa shape index (κ1) is 14.2. The molecule has 2 aromatic heterocycles. The molecule has 0 saturated carbocycles. The van der Waals surface area contributed by atoms with Gasteiger partial charge in [-0.2, -0.15) is 0 Å². The summed E-state index contributed by atoms with van der Waals surface area (Å²) in [6.45, 7) is 0. The van der Waals surface area contributed by atoms with E-state index >= 15 is 0 Å². The first-order valence-corrected chi connectivity index (χ1v) is 7.78. The third-order valence-corrected chi connectivity index (χ3v) is 3.76. The van der Waals surface area contributed by atoms with Crippen LogP contribution in [0.25, 0.3) is 33.5 Å². The van der Waals surface area contributed by atoms with Gasteiger partial charge in [0.2, 0.25) is 0 Å². The number of H-pyrrole nitrogens is 2. The van der Waals surface area contributed by atoms with Crippen LogP contribution in [0, 0.1) is 0 Å². The van der Waals surface area contributed by atoms with Gasteiger partial charge in [0.1, 0.15) is 5.82 Å². The van der Waals surface area contributed by atoms with E-state index in [9.17, 15) is 0 Å². The molecule has 0 amide bonds. The molecule has 0 saturated heterocycles. The zero-order valence-electron chi connectivity index (χ0n) is 13.0. The predicted octanol–water partition coefficient (Wildman–Crippen LogP) is 4.79. The Morgan fingerprint density at radius 1 is 0.625 bits per heavy atom. The number of benzene rings is 3. The SMILES string of the molecule is c1ccc(-c2nc3ccccc3[nH]2)cc1.c1ccc2[nH]cnc2c1. The third-order valence-electron chi connectivity index (χ3n) is 3.76. The Morgan fingerprint density at radius 3 is 2.04 bits per heavy atom. The Kier molecular flexibility index (Phi) is 3.78. The lowest BCUT2D eigenvalue weighted by Gasteiger charge is -1.93. The van der Waals surface area contributed by atoms with E-state index in [0.717, 1.165) is 33.5 Å². The van der Waals surface area contributed by atoms with Crippen molar-refractivity contribution in [2.45, 2.75) is 0 Å². The van der Waals surface area contributed by atoms with Crippen LogP contribution in [0.1, 0.15) is 0 Å². The van der Waals surface area contributed by atoms with Gasteiger partial charge in [-0.3, -0.25) is 0 Å². The Hall–Kier alpha value is -3.40. The Balaban J connectivity index is 0.000000138. The number of hydrogen-bond acceptors (Lipinski definition) is 2. The van der Waals surface area contributed by atoms with E-state index in [-0.39, 0.29) is 0 Å². The molecule has 2 N–H and O–H groups in total. The summed E-state index contributed by atoms with van der Waals surface area (Å²) < 4.78 is 0. The number of aromatic nitrogens is 4. The number of hydrogen-bond donors (Lipinski definition) is 2. The van der Waals surface area contributed by atoms with Crippen LogP contribution in [0.2, 0.25) is 0 Å². The van der Waals surface area contributed by atoms with E-state index in [4.69, 9.17) is 0 Å². The van der Waals surface area contributed by atoms with Crippen LogP contribution in [0.5, 0.6) is 0 Å². The summed E-state index contributed by atoms with van der Waals surface area (Å²) in [4.78, 5) is 14.9. The van der Waals surface area contributed by atoms with Gasteiger partial charge in [0.15, 0.2) is 0 Å². The Morgan fingerprint density at radius 2 is 1.29 bits per heavy atom. The number of rotatable bonds is 1. The minimum atomic E-state index is 0.928. The van der Waals surface area contributed by atoms with Crippen molar-refractivity contribution in [1.29, 1.82) is 0 Å². The molecule has 0 fully saturated rings. The van der Waals surface area contributed by atoms with Gasteiger partial charge in [-0.25, -0.2) is 9.97 Å². The van der Waals surface area contributed by atoms with Crippen molar-refractivity contribution in [2.24, 2.45) is 0 Å². The molecule has 3 aromatic carbocycles. The second-order valence-electron chi connectivity index (χ2n) is 5.39. The van der Waals surface area contributed by atoms with Crippen molar-refractivity contribution in [1.82, 2.24) is 19.9 Å². The maximum absolute atomic E-state index is 4.53. The number of nitrogens with one attached hydrogen (secondary N) is 2. The first-order valence-electron chi connectivity index (χ1n) is 7.78. The number of nitrogens with zero attached hydrogens (tertiary/aromatic N) is 2. The summed E-state index contributed by atoms with van der Waals surface area (Å²) in [5, 5.41) is 0. The van der Waals surface area contributed by atoms with Crippen LogP contribution < -0.4 is 0 Å². The lowest BCUT2D eigenvalue weighted by Crippen LogP contribution is -1.77. The zero-order chi connectivity index (χ0) is 16.2. The summed E-state index contributed by atoms with van der Waals surface area (Å²) in [5.74, 6) is 0.928. The molecular weight excluding hydrogens is 296 g/mol. The molecule has 0 radical (unpaired) electrons. The fourth-order valence-electron chi connectivity index (χ4n) is 2.57. The van der Waals surface area contributed by atoms with E-state index in [2.05, 4.69) is 32.1 Å². The van der Waals surface area contributed by atoms with E-state index < -0.39 is 0 Å². The molecule has 0 atom stereocenters. The predicted molar refractivity (Wildman–Crippen MR) is 97.6 cm³/mol. The Labute approximate surface area is 139 Å². The molecule has 5 rings (SSSR count). The molecule has 0 aliphatic carbocycles. The second-order valence-corrected chi connectivity index (χ2v) is 5.39. The maximum Gasteiger partial charge on any atom is 0.138 e. The molecule has 0 spiro atoms. The van der Waals surface area contributed by atoms with Gasteiger partial charge >= 0.3 is 0 Å². The van der Waals surface area contributed by atoms with Gasteiger partial charge in [0.05, 0.1) is 28.4 Å². The lowest BCUT2D eigenvalue weighted by atomic mass is 10.2. The minimum Gasteiger partial charge on any atom is -0.345 e. The van der Waals surface area contributed by atoms with Crippen LogP contribution in [0.4, 0.5) is 0 Å². The monoisotopic (exact) mass is 312 g/mol. The molecule has 0 unspecified atom stereocenters. The third kappa shape index (κ3) is 2.90. The van der Waals surface area contributed by atoms with Crippen molar-refractivity contribution < 1.29 is 0 Å². The number of aromatic amines is 2. The topological polar surface area (TPSA) is 57.4 Å². The first-order chi connectivity index (χ1) is 11.9. The normalized spacial score (nSPS) is 10.5. The van der Waals surface area contributed by atoms with Crippen LogP contribution in [-0.4, -0.2) is 19.9 Å². The minimum absolute atomic E-state index is 0.928. The maximum atomic E-state index is 4.53. The Bertz CT molecular complexity index is 997. The quantitative estimate of drug-likeness (QED) is 0.467. The molecule has 5 aromatic rings. The highest BCUT2D eigenvalue weighted by atomic mass is 14.9. The molecule has 0 bridgehead atoms. The number of para-hydroxylation sites is 4. The van der Waals surface area contributed by atoms with Crippen molar-refractivity contribution in [2.75, 3.05) is 0 Å². The molecular formula is C20H16N4. The number of imidazole rings is 2. The van der Waals surface area contributed by atoms with Crippen LogP contribution in [-0.2, 0) is 0 Å². The van der Waals surface area contributed by atoms with Crippen molar-refractivity contribution in [3.05, 3.63) is 85.2 Å². The smallest absolute Gasteiger partial charge is 0.138 e. The fraction of sp³-hybridized carbons (Fsp3) is 0. The van der Waals surface area contributed by atoms with Gasteiger partial charge in [-0.15, -0.1) is 0 Å².